The predicted molar refractivity (Wildman–Crippen MR) is 113 cm³/mol. The summed E-state index contributed by atoms with van der Waals surface area (Å²) < 4.78 is 18.7. The lowest BCUT2D eigenvalue weighted by atomic mass is 9.69. The van der Waals surface area contributed by atoms with Crippen molar-refractivity contribution in [2.75, 3.05) is 0 Å². The molecule has 2 aromatic rings. The van der Waals surface area contributed by atoms with Gasteiger partial charge in [0, 0.05) is 5.92 Å². The summed E-state index contributed by atoms with van der Waals surface area (Å²) in [6, 6.07) is 5.59. The summed E-state index contributed by atoms with van der Waals surface area (Å²) in [5.74, 6) is -0.422. The maximum Gasteiger partial charge on any atom is 0.345 e. The van der Waals surface area contributed by atoms with Crippen molar-refractivity contribution in [2.24, 2.45) is 23.7 Å². The number of rotatable bonds is 2. The van der Waals surface area contributed by atoms with Crippen molar-refractivity contribution >= 4 is 16.8 Å². The smallest absolute Gasteiger partial charge is 0.345 e. The van der Waals surface area contributed by atoms with Crippen LogP contribution >= 0.6 is 0 Å². The molecular formula is C25H28O5. The van der Waals surface area contributed by atoms with Gasteiger partial charge in [-0.1, -0.05) is 38.0 Å². The monoisotopic (exact) mass is 408 g/mol. The topological polar surface area (TPSA) is 65.7 Å². The van der Waals surface area contributed by atoms with Crippen molar-refractivity contribution < 1.29 is 18.7 Å². The predicted octanol–water partition coefficient (Wildman–Crippen LogP) is 5.10. The molecule has 2 fully saturated rings. The Morgan fingerprint density at radius 1 is 1.20 bits per heavy atom. The Balaban J connectivity index is 1.83. The molecular weight excluding hydrogens is 380 g/mol. The number of aryl methyl sites for hydroxylation is 1. The highest BCUT2D eigenvalue weighted by molar-refractivity contribution is 5.98. The third-order valence-corrected chi connectivity index (χ3v) is 7.43. The largest absolute Gasteiger partial charge is 0.453 e. The standard InChI is InChI=1S/C25H28O5/c1-12(2)11-18(26)25-15(5)16-10-9-14(4)19(16)22(29-25)21-23(30-25)20-13(3)7-6-8-17(20)28-24(21)27/h6-8,11,14-16,19,22H,9-10H2,1-5H3/t14-,15+,16+,19+,22+,25-/m0/s1. The fourth-order valence-electron chi connectivity index (χ4n) is 5.99. The maximum atomic E-state index is 13.5. The fraction of sp³-hybridized carbons (Fsp3) is 0.520. The molecule has 2 bridgehead atoms. The van der Waals surface area contributed by atoms with Crippen molar-refractivity contribution in [2.45, 2.75) is 59.4 Å². The minimum atomic E-state index is -1.41. The molecule has 1 aliphatic carbocycles. The van der Waals surface area contributed by atoms with Gasteiger partial charge in [-0.2, -0.15) is 0 Å². The Kier molecular flexibility index (Phi) is 4.27. The number of carbonyl (C=O) groups excluding carboxylic acids is 1. The molecule has 1 saturated carbocycles. The zero-order chi connectivity index (χ0) is 21.4. The van der Waals surface area contributed by atoms with Gasteiger partial charge in [0.05, 0.1) is 5.39 Å². The van der Waals surface area contributed by atoms with E-state index < -0.39 is 17.5 Å². The third-order valence-electron chi connectivity index (χ3n) is 7.43. The molecule has 0 amide bonds. The normalized spacial score (nSPS) is 34.1. The average Bonchev–Trinajstić information content (AvgIpc) is 3.07. The Morgan fingerprint density at radius 2 is 1.97 bits per heavy atom. The molecule has 5 nitrogen and oxygen atoms in total. The number of ether oxygens (including phenoxy) is 2. The van der Waals surface area contributed by atoms with Crippen molar-refractivity contribution in [3.05, 3.63) is 51.4 Å². The minimum Gasteiger partial charge on any atom is -0.453 e. The number of hydrogen-bond acceptors (Lipinski definition) is 5. The van der Waals surface area contributed by atoms with E-state index in [0.717, 1.165) is 29.4 Å². The molecule has 30 heavy (non-hydrogen) atoms. The first-order valence-corrected chi connectivity index (χ1v) is 10.9. The van der Waals surface area contributed by atoms with Crippen LogP contribution in [0.1, 0.15) is 57.8 Å². The van der Waals surface area contributed by atoms with E-state index in [-0.39, 0.29) is 23.5 Å². The zero-order valence-electron chi connectivity index (χ0n) is 18.2. The molecule has 1 aromatic carbocycles. The van der Waals surface area contributed by atoms with E-state index >= 15 is 0 Å². The van der Waals surface area contributed by atoms with Gasteiger partial charge in [-0.05, 0) is 62.7 Å². The summed E-state index contributed by atoms with van der Waals surface area (Å²) in [4.78, 5) is 26.6. The SMILES string of the molecule is CC(C)=CC(=O)[C@]12Oc3c(c(=O)oc4cccc(C)c34)[C@H](O1)[C@H]1[C@H](CC[C@@H]1C)[C@H]2C. The molecule has 0 unspecified atom stereocenters. The van der Waals surface area contributed by atoms with Gasteiger partial charge in [0.1, 0.15) is 23.0 Å². The minimum absolute atomic E-state index is 0.119. The second kappa shape index (κ2) is 6.55. The van der Waals surface area contributed by atoms with Crippen molar-refractivity contribution in [1.29, 1.82) is 0 Å². The molecule has 3 aliphatic rings. The highest BCUT2D eigenvalue weighted by Crippen LogP contribution is 2.61. The lowest BCUT2D eigenvalue weighted by Gasteiger charge is -2.53. The quantitative estimate of drug-likeness (QED) is 0.511. The van der Waals surface area contributed by atoms with Crippen LogP contribution in [0.5, 0.6) is 5.75 Å². The number of fused-ring (bicyclic) bond motifs is 8. The molecule has 0 radical (unpaired) electrons. The lowest BCUT2D eigenvalue weighted by Crippen LogP contribution is -2.62. The van der Waals surface area contributed by atoms with E-state index in [4.69, 9.17) is 13.9 Å². The second-order valence-electron chi connectivity index (χ2n) is 9.56. The number of allylic oxidation sites excluding steroid dienone is 1. The van der Waals surface area contributed by atoms with E-state index in [2.05, 4.69) is 13.8 Å². The molecule has 5 heteroatoms. The summed E-state index contributed by atoms with van der Waals surface area (Å²) in [6.07, 6.45) is 3.17. The highest BCUT2D eigenvalue weighted by atomic mass is 16.7. The molecule has 1 aromatic heterocycles. The van der Waals surface area contributed by atoms with Gasteiger partial charge in [0.15, 0.2) is 0 Å². The Bertz CT molecular complexity index is 1140. The van der Waals surface area contributed by atoms with Gasteiger partial charge in [-0.3, -0.25) is 4.79 Å². The van der Waals surface area contributed by atoms with E-state index in [1.807, 2.05) is 32.9 Å². The summed E-state index contributed by atoms with van der Waals surface area (Å²) in [5, 5.41) is 0.756. The molecule has 0 spiro atoms. The molecule has 6 atom stereocenters. The first-order valence-electron chi connectivity index (χ1n) is 10.9. The first kappa shape index (κ1) is 19.6. The molecule has 5 rings (SSSR count). The van der Waals surface area contributed by atoms with Crippen LogP contribution in [0.2, 0.25) is 0 Å². The van der Waals surface area contributed by atoms with Gasteiger partial charge in [-0.25, -0.2) is 4.79 Å². The number of hydrogen-bond donors (Lipinski definition) is 0. The van der Waals surface area contributed by atoms with Crippen molar-refractivity contribution in [1.82, 2.24) is 0 Å². The van der Waals surface area contributed by atoms with Gasteiger partial charge in [0.2, 0.25) is 5.78 Å². The van der Waals surface area contributed by atoms with Crippen molar-refractivity contribution in [3.8, 4) is 5.75 Å². The molecule has 1 saturated heterocycles. The average molecular weight is 408 g/mol. The van der Waals surface area contributed by atoms with E-state index in [1.54, 1.807) is 12.1 Å². The van der Waals surface area contributed by atoms with Crippen LogP contribution in [0.25, 0.3) is 11.0 Å². The summed E-state index contributed by atoms with van der Waals surface area (Å²) >= 11 is 0. The Morgan fingerprint density at radius 3 is 2.70 bits per heavy atom. The van der Waals surface area contributed by atoms with Crippen LogP contribution in [-0.2, 0) is 9.53 Å². The second-order valence-corrected chi connectivity index (χ2v) is 9.56. The zero-order valence-corrected chi connectivity index (χ0v) is 18.2. The number of carbonyl (C=O) groups is 1. The third kappa shape index (κ3) is 2.51. The van der Waals surface area contributed by atoms with Crippen LogP contribution in [-0.4, -0.2) is 11.6 Å². The summed E-state index contributed by atoms with van der Waals surface area (Å²) in [5.41, 5.74) is 2.33. The van der Waals surface area contributed by atoms with Crippen LogP contribution in [0.15, 0.2) is 39.1 Å². The van der Waals surface area contributed by atoms with Crippen LogP contribution in [0.3, 0.4) is 0 Å². The number of benzene rings is 1. The van der Waals surface area contributed by atoms with E-state index in [9.17, 15) is 9.59 Å². The van der Waals surface area contributed by atoms with Gasteiger partial charge >= 0.3 is 5.63 Å². The molecule has 0 N–H and O–H groups in total. The summed E-state index contributed by atoms with van der Waals surface area (Å²) in [7, 11) is 0. The van der Waals surface area contributed by atoms with Crippen molar-refractivity contribution in [3.63, 3.8) is 0 Å². The lowest BCUT2D eigenvalue weighted by molar-refractivity contribution is -0.290. The maximum absolute atomic E-state index is 13.5. The highest BCUT2D eigenvalue weighted by Gasteiger charge is 2.64. The van der Waals surface area contributed by atoms with Crippen LogP contribution < -0.4 is 10.4 Å². The number of ketones is 1. The molecule has 3 heterocycles. The Hall–Kier alpha value is -2.40. The first-order chi connectivity index (χ1) is 14.2. The molecule has 158 valence electrons. The fourth-order valence-corrected chi connectivity index (χ4v) is 5.99. The summed E-state index contributed by atoms with van der Waals surface area (Å²) in [6.45, 7) is 10.0. The van der Waals surface area contributed by atoms with Gasteiger partial charge in [-0.15, -0.1) is 0 Å². The Labute approximate surface area is 176 Å². The van der Waals surface area contributed by atoms with Crippen LogP contribution in [0, 0.1) is 30.6 Å². The van der Waals surface area contributed by atoms with E-state index in [0.29, 0.717) is 22.8 Å². The van der Waals surface area contributed by atoms with E-state index in [1.165, 1.54) is 0 Å². The van der Waals surface area contributed by atoms with Gasteiger partial charge < -0.3 is 13.9 Å². The van der Waals surface area contributed by atoms with Gasteiger partial charge in [0.25, 0.3) is 5.79 Å². The molecule has 2 aliphatic heterocycles. The van der Waals surface area contributed by atoms with Crippen LogP contribution in [0.4, 0.5) is 0 Å².